The summed E-state index contributed by atoms with van der Waals surface area (Å²) in [4.78, 5) is 5.61. The Morgan fingerprint density at radius 1 is 1.56 bits per heavy atom. The van der Waals surface area contributed by atoms with Crippen molar-refractivity contribution in [2.45, 2.75) is 17.7 Å². The van der Waals surface area contributed by atoms with E-state index in [4.69, 9.17) is 5.73 Å². The van der Waals surface area contributed by atoms with E-state index in [2.05, 4.69) is 41.2 Å². The lowest BCUT2D eigenvalue weighted by atomic mass is 10.0. The van der Waals surface area contributed by atoms with Crippen LogP contribution < -0.4 is 11.1 Å². The van der Waals surface area contributed by atoms with Crippen LogP contribution in [-0.2, 0) is 0 Å². The van der Waals surface area contributed by atoms with E-state index in [0.717, 1.165) is 17.9 Å². The minimum absolute atomic E-state index is 0.507. The summed E-state index contributed by atoms with van der Waals surface area (Å²) >= 11 is 1.91. The topological polar surface area (TPSA) is 50.4 Å². The molecule has 1 aromatic carbocycles. The number of fused-ring (bicyclic) bond motifs is 1. The molecule has 0 amide bonds. The lowest BCUT2D eigenvalue weighted by Crippen LogP contribution is -2.35. The van der Waals surface area contributed by atoms with Gasteiger partial charge in [0.15, 0.2) is 5.96 Å². The van der Waals surface area contributed by atoms with Crippen LogP contribution in [0.3, 0.4) is 0 Å². The summed E-state index contributed by atoms with van der Waals surface area (Å²) < 4.78 is 0. The molecule has 4 heteroatoms. The summed E-state index contributed by atoms with van der Waals surface area (Å²) in [5, 5.41) is 3.19. The maximum Gasteiger partial charge on any atom is 0.188 e. The number of thioether (sulfide) groups is 1. The molecule has 0 fully saturated rings. The number of hydrogen-bond donors (Lipinski definition) is 2. The van der Waals surface area contributed by atoms with Gasteiger partial charge in [-0.05, 0) is 18.6 Å². The van der Waals surface area contributed by atoms with Gasteiger partial charge in [0.05, 0.1) is 6.54 Å². The molecule has 0 saturated heterocycles. The minimum Gasteiger partial charge on any atom is -0.370 e. The molecule has 18 heavy (non-hydrogen) atoms. The van der Waals surface area contributed by atoms with Crippen LogP contribution in [0.15, 0.2) is 46.3 Å². The van der Waals surface area contributed by atoms with Gasteiger partial charge in [0.1, 0.15) is 0 Å². The minimum atomic E-state index is 0.507. The third-order valence-corrected chi connectivity index (χ3v) is 4.10. The van der Waals surface area contributed by atoms with Crippen LogP contribution in [0.2, 0.25) is 0 Å². The van der Waals surface area contributed by atoms with E-state index >= 15 is 0 Å². The monoisotopic (exact) mass is 261 g/mol. The van der Waals surface area contributed by atoms with Crippen LogP contribution in [0.5, 0.6) is 0 Å². The zero-order chi connectivity index (χ0) is 13.0. The van der Waals surface area contributed by atoms with Gasteiger partial charge < -0.3 is 11.1 Å². The number of nitrogens with one attached hydrogen (secondary N) is 1. The number of nitrogens with two attached hydrogens (primary N) is 1. The summed E-state index contributed by atoms with van der Waals surface area (Å²) in [5.41, 5.74) is 8.25. The first kappa shape index (κ1) is 13.0. The Hall–Kier alpha value is -1.42. The van der Waals surface area contributed by atoms with Crippen molar-refractivity contribution in [1.29, 1.82) is 0 Å². The first-order valence-electron chi connectivity index (χ1n) is 6.06. The number of nitrogens with zero attached hydrogens (tertiary/aromatic N) is 1. The molecule has 96 valence electrons. The van der Waals surface area contributed by atoms with Crippen LogP contribution in [0.4, 0.5) is 0 Å². The van der Waals surface area contributed by atoms with Gasteiger partial charge >= 0.3 is 0 Å². The van der Waals surface area contributed by atoms with E-state index < -0.39 is 0 Å². The van der Waals surface area contributed by atoms with Crippen molar-refractivity contribution in [3.8, 4) is 0 Å². The molecule has 1 aromatic rings. The smallest absolute Gasteiger partial charge is 0.188 e. The summed E-state index contributed by atoms with van der Waals surface area (Å²) in [5.74, 6) is 2.14. The Bertz CT molecular complexity index is 468. The Morgan fingerprint density at radius 3 is 3.11 bits per heavy atom. The third-order valence-electron chi connectivity index (χ3n) is 2.85. The Labute approximate surface area is 113 Å². The predicted molar refractivity (Wildman–Crippen MR) is 79.2 cm³/mol. The predicted octanol–water partition coefficient (Wildman–Crippen LogP) is 2.36. The van der Waals surface area contributed by atoms with Crippen molar-refractivity contribution in [2.75, 3.05) is 18.8 Å². The Balaban J connectivity index is 1.89. The molecule has 0 bridgehead atoms. The lowest BCUT2D eigenvalue weighted by molar-refractivity contribution is 0.726. The molecular weight excluding hydrogens is 242 g/mol. The Morgan fingerprint density at radius 2 is 2.33 bits per heavy atom. The zero-order valence-electron chi connectivity index (χ0n) is 10.6. The SMILES string of the molecule is C=C(C)CN=C(N)NCC1CSc2ccccc21. The number of guanidine groups is 1. The van der Waals surface area contributed by atoms with Crippen molar-refractivity contribution in [2.24, 2.45) is 10.7 Å². The van der Waals surface area contributed by atoms with Crippen LogP contribution in [0.1, 0.15) is 18.4 Å². The number of aliphatic imine (C=N–C) groups is 1. The van der Waals surface area contributed by atoms with Gasteiger partial charge in [0.25, 0.3) is 0 Å². The molecule has 0 spiro atoms. The van der Waals surface area contributed by atoms with Crippen LogP contribution >= 0.6 is 11.8 Å². The molecule has 2 rings (SSSR count). The molecule has 1 atom stereocenters. The van der Waals surface area contributed by atoms with Gasteiger partial charge in [-0.1, -0.05) is 30.4 Å². The second kappa shape index (κ2) is 5.96. The molecule has 3 N–H and O–H groups in total. The fourth-order valence-electron chi connectivity index (χ4n) is 1.90. The van der Waals surface area contributed by atoms with E-state index in [0.29, 0.717) is 18.4 Å². The zero-order valence-corrected chi connectivity index (χ0v) is 11.5. The van der Waals surface area contributed by atoms with E-state index in [1.807, 2.05) is 18.7 Å². The second-order valence-electron chi connectivity index (χ2n) is 4.59. The fourth-order valence-corrected chi connectivity index (χ4v) is 3.16. The molecule has 0 aromatic heterocycles. The van der Waals surface area contributed by atoms with Crippen molar-refractivity contribution in [1.82, 2.24) is 5.32 Å². The van der Waals surface area contributed by atoms with Crippen molar-refractivity contribution in [3.63, 3.8) is 0 Å². The van der Waals surface area contributed by atoms with Crippen LogP contribution in [-0.4, -0.2) is 24.8 Å². The quantitative estimate of drug-likeness (QED) is 0.497. The number of rotatable bonds is 4. The lowest BCUT2D eigenvalue weighted by Gasteiger charge is -2.12. The molecule has 1 unspecified atom stereocenters. The summed E-state index contributed by atoms with van der Waals surface area (Å²) in [6.45, 7) is 7.18. The fraction of sp³-hybridized carbons (Fsp3) is 0.357. The normalized spacial score (nSPS) is 18.5. The van der Waals surface area contributed by atoms with E-state index in [9.17, 15) is 0 Å². The molecule has 3 nitrogen and oxygen atoms in total. The highest BCUT2D eigenvalue weighted by Crippen LogP contribution is 2.38. The van der Waals surface area contributed by atoms with Crippen LogP contribution in [0.25, 0.3) is 0 Å². The van der Waals surface area contributed by atoms with Crippen molar-refractivity contribution in [3.05, 3.63) is 42.0 Å². The summed E-state index contributed by atoms with van der Waals surface area (Å²) in [6, 6.07) is 8.56. The van der Waals surface area contributed by atoms with Crippen LogP contribution in [0, 0.1) is 0 Å². The highest BCUT2D eigenvalue weighted by atomic mass is 32.2. The maximum atomic E-state index is 5.81. The number of hydrogen-bond acceptors (Lipinski definition) is 2. The first-order chi connectivity index (χ1) is 8.66. The van der Waals surface area contributed by atoms with E-state index in [1.54, 1.807) is 0 Å². The van der Waals surface area contributed by atoms with E-state index in [-0.39, 0.29) is 0 Å². The maximum absolute atomic E-state index is 5.81. The molecule has 0 saturated carbocycles. The average Bonchev–Trinajstić information content (AvgIpc) is 2.77. The largest absolute Gasteiger partial charge is 0.370 e. The molecule has 1 aliphatic rings. The van der Waals surface area contributed by atoms with Gasteiger partial charge in [-0.25, -0.2) is 4.99 Å². The molecule has 0 aliphatic carbocycles. The molecule has 0 radical (unpaired) electrons. The van der Waals surface area contributed by atoms with Gasteiger partial charge in [-0.2, -0.15) is 0 Å². The standard InChI is InChI=1S/C14H19N3S/c1-10(2)7-16-14(15)17-8-11-9-18-13-6-4-3-5-12(11)13/h3-6,11H,1,7-9H2,2H3,(H3,15,16,17). The number of benzene rings is 1. The van der Waals surface area contributed by atoms with Crippen molar-refractivity contribution >= 4 is 17.7 Å². The highest BCUT2D eigenvalue weighted by Gasteiger charge is 2.22. The molecular formula is C14H19N3S. The van der Waals surface area contributed by atoms with E-state index in [1.165, 1.54) is 10.5 Å². The third kappa shape index (κ3) is 3.29. The Kier molecular flexibility index (Phi) is 4.31. The summed E-state index contributed by atoms with van der Waals surface area (Å²) in [7, 11) is 0. The molecule has 1 aliphatic heterocycles. The average molecular weight is 261 g/mol. The highest BCUT2D eigenvalue weighted by molar-refractivity contribution is 7.99. The summed E-state index contributed by atoms with van der Waals surface area (Å²) in [6.07, 6.45) is 0. The molecule has 1 heterocycles. The second-order valence-corrected chi connectivity index (χ2v) is 5.65. The first-order valence-corrected chi connectivity index (χ1v) is 7.05. The van der Waals surface area contributed by atoms with Gasteiger partial charge in [-0.15, -0.1) is 11.8 Å². The van der Waals surface area contributed by atoms with Crippen molar-refractivity contribution < 1.29 is 0 Å². The van der Waals surface area contributed by atoms with Gasteiger partial charge in [0, 0.05) is 23.1 Å². The van der Waals surface area contributed by atoms with Gasteiger partial charge in [-0.3, -0.25) is 0 Å². The van der Waals surface area contributed by atoms with Gasteiger partial charge in [0.2, 0.25) is 0 Å².